The smallest absolute Gasteiger partial charge is 0.375 e. The minimum atomic E-state index is -4.32. The Hall–Kier alpha value is -0.490. The molecule has 12 heavy (non-hydrogen) atoms. The topological polar surface area (TPSA) is 38.9 Å². The molecule has 0 aliphatic rings. The first-order chi connectivity index (χ1) is 4.91. The molecule has 2 nitrogen and oxygen atoms in total. The molecule has 0 radical (unpaired) electrons. The lowest BCUT2D eigenvalue weighted by Crippen LogP contribution is -2.03. The summed E-state index contributed by atoms with van der Waals surface area (Å²) in [6, 6.07) is 0. The predicted molar refractivity (Wildman–Crippen MR) is 43.5 cm³/mol. The highest BCUT2D eigenvalue weighted by atomic mass is 35.5. The zero-order chi connectivity index (χ0) is 8.65. The number of alkyl halides is 3. The molecular formula is C5H6ClF3N2S. The van der Waals surface area contributed by atoms with E-state index in [4.69, 9.17) is 5.73 Å². The molecule has 0 atom stereocenters. The van der Waals surface area contributed by atoms with Crippen LogP contribution in [0, 0.1) is 6.92 Å². The Kier molecular flexibility index (Phi) is 3.34. The molecule has 0 aliphatic heterocycles. The summed E-state index contributed by atoms with van der Waals surface area (Å²) in [6.07, 6.45) is -4.32. The number of hydrogen-bond acceptors (Lipinski definition) is 3. The fourth-order valence-corrected chi connectivity index (χ4v) is 1.38. The lowest BCUT2D eigenvalue weighted by Gasteiger charge is -2.01. The summed E-state index contributed by atoms with van der Waals surface area (Å²) >= 11 is 0.463. The molecule has 1 aromatic rings. The second kappa shape index (κ2) is 3.49. The van der Waals surface area contributed by atoms with Gasteiger partial charge >= 0.3 is 6.18 Å². The number of thiazole rings is 1. The fraction of sp³-hybridized carbons (Fsp3) is 0.400. The van der Waals surface area contributed by atoms with Crippen molar-refractivity contribution in [2.45, 2.75) is 13.1 Å². The fourth-order valence-electron chi connectivity index (χ4n) is 0.680. The molecule has 0 aliphatic carbocycles. The first-order valence-electron chi connectivity index (χ1n) is 2.71. The van der Waals surface area contributed by atoms with E-state index < -0.39 is 11.1 Å². The Labute approximate surface area is 77.0 Å². The normalized spacial score (nSPS) is 11.0. The van der Waals surface area contributed by atoms with Gasteiger partial charge in [-0.2, -0.15) is 13.2 Å². The van der Waals surface area contributed by atoms with Crippen LogP contribution in [0.15, 0.2) is 0 Å². The van der Waals surface area contributed by atoms with Gasteiger partial charge in [0.25, 0.3) is 0 Å². The van der Waals surface area contributed by atoms with Crippen LogP contribution in [0.1, 0.15) is 10.6 Å². The standard InChI is InChI=1S/C5H5F3N2S.ClH/c1-2-3(5(6,7)8)11-4(9)10-2;/h1H3,(H2,9,10);1H. The number of halogens is 4. The van der Waals surface area contributed by atoms with Gasteiger partial charge in [0.2, 0.25) is 0 Å². The minimum Gasteiger partial charge on any atom is -0.375 e. The predicted octanol–water partition coefficient (Wildman–Crippen LogP) is 2.47. The molecule has 70 valence electrons. The van der Waals surface area contributed by atoms with Crippen LogP contribution in [0.4, 0.5) is 18.3 Å². The molecule has 0 aromatic carbocycles. The van der Waals surface area contributed by atoms with E-state index in [0.29, 0.717) is 11.3 Å². The maximum Gasteiger partial charge on any atom is 0.427 e. The lowest BCUT2D eigenvalue weighted by molar-refractivity contribution is -0.134. The van der Waals surface area contributed by atoms with Gasteiger partial charge in [-0.3, -0.25) is 0 Å². The highest BCUT2D eigenvalue weighted by Gasteiger charge is 2.35. The highest BCUT2D eigenvalue weighted by molar-refractivity contribution is 7.15. The minimum absolute atomic E-state index is 0. The zero-order valence-corrected chi connectivity index (χ0v) is 7.61. The van der Waals surface area contributed by atoms with Crippen molar-refractivity contribution in [3.8, 4) is 0 Å². The van der Waals surface area contributed by atoms with Gasteiger partial charge in [-0.1, -0.05) is 11.3 Å². The highest BCUT2D eigenvalue weighted by Crippen LogP contribution is 2.36. The largest absolute Gasteiger partial charge is 0.427 e. The van der Waals surface area contributed by atoms with Gasteiger partial charge in [-0.15, -0.1) is 12.4 Å². The summed E-state index contributed by atoms with van der Waals surface area (Å²) in [4.78, 5) is 2.74. The Balaban J connectivity index is 0.00000121. The molecule has 0 fully saturated rings. The quantitative estimate of drug-likeness (QED) is 0.727. The van der Waals surface area contributed by atoms with Gasteiger partial charge in [0.05, 0.1) is 5.69 Å². The number of anilines is 1. The molecule has 0 amide bonds. The maximum absolute atomic E-state index is 12.0. The Morgan fingerprint density at radius 1 is 1.42 bits per heavy atom. The van der Waals surface area contributed by atoms with Crippen LogP contribution < -0.4 is 5.73 Å². The summed E-state index contributed by atoms with van der Waals surface area (Å²) in [5.74, 6) is 0. The third kappa shape index (κ3) is 2.25. The van der Waals surface area contributed by atoms with E-state index in [2.05, 4.69) is 4.98 Å². The molecule has 0 saturated heterocycles. The molecule has 1 heterocycles. The number of nitrogens with zero attached hydrogens (tertiary/aromatic N) is 1. The lowest BCUT2D eigenvalue weighted by atomic mass is 10.4. The van der Waals surface area contributed by atoms with Crippen LogP contribution in [0.2, 0.25) is 0 Å². The molecule has 0 spiro atoms. The van der Waals surface area contributed by atoms with Gasteiger partial charge in [-0.05, 0) is 6.92 Å². The van der Waals surface area contributed by atoms with Crippen molar-refractivity contribution in [2.24, 2.45) is 0 Å². The first-order valence-corrected chi connectivity index (χ1v) is 3.53. The first kappa shape index (κ1) is 11.5. The van der Waals surface area contributed by atoms with Crippen LogP contribution in [0.3, 0.4) is 0 Å². The van der Waals surface area contributed by atoms with Crippen molar-refractivity contribution in [3.05, 3.63) is 10.6 Å². The van der Waals surface area contributed by atoms with Crippen LogP contribution in [0.25, 0.3) is 0 Å². The van der Waals surface area contributed by atoms with E-state index in [0.717, 1.165) is 0 Å². The number of nitrogen functional groups attached to an aromatic ring is 1. The van der Waals surface area contributed by atoms with E-state index in [1.54, 1.807) is 0 Å². The van der Waals surface area contributed by atoms with Crippen molar-refractivity contribution < 1.29 is 13.2 Å². The summed E-state index contributed by atoms with van der Waals surface area (Å²) in [5, 5.41) is -0.0465. The monoisotopic (exact) mass is 218 g/mol. The molecular weight excluding hydrogens is 213 g/mol. The van der Waals surface area contributed by atoms with Crippen molar-refractivity contribution in [1.29, 1.82) is 0 Å². The Bertz CT molecular complexity index is 270. The number of rotatable bonds is 0. The van der Waals surface area contributed by atoms with E-state index in [-0.39, 0.29) is 23.2 Å². The van der Waals surface area contributed by atoms with Crippen molar-refractivity contribution in [2.75, 3.05) is 5.73 Å². The Morgan fingerprint density at radius 3 is 2.08 bits per heavy atom. The number of hydrogen-bond donors (Lipinski definition) is 1. The van der Waals surface area contributed by atoms with Crippen LogP contribution in [-0.4, -0.2) is 4.98 Å². The van der Waals surface area contributed by atoms with Crippen molar-refractivity contribution >= 4 is 28.9 Å². The van der Waals surface area contributed by atoms with E-state index in [1.807, 2.05) is 0 Å². The van der Waals surface area contributed by atoms with Gasteiger partial charge in [0, 0.05) is 0 Å². The van der Waals surface area contributed by atoms with Gasteiger partial charge in [0.1, 0.15) is 4.88 Å². The summed E-state index contributed by atoms with van der Waals surface area (Å²) in [7, 11) is 0. The van der Waals surface area contributed by atoms with Crippen molar-refractivity contribution in [1.82, 2.24) is 4.98 Å². The molecule has 1 aromatic heterocycles. The molecule has 0 saturated carbocycles. The molecule has 1 rings (SSSR count). The van der Waals surface area contributed by atoms with Gasteiger partial charge in [-0.25, -0.2) is 4.98 Å². The summed E-state index contributed by atoms with van der Waals surface area (Å²) in [5.41, 5.74) is 5.03. The van der Waals surface area contributed by atoms with Crippen LogP contribution in [-0.2, 0) is 6.18 Å². The molecule has 7 heteroatoms. The second-order valence-electron chi connectivity index (χ2n) is 1.96. The van der Waals surface area contributed by atoms with Crippen LogP contribution >= 0.6 is 23.7 Å². The third-order valence-corrected chi connectivity index (χ3v) is 2.10. The Morgan fingerprint density at radius 2 is 1.92 bits per heavy atom. The summed E-state index contributed by atoms with van der Waals surface area (Å²) < 4.78 is 35.9. The van der Waals surface area contributed by atoms with Crippen molar-refractivity contribution in [3.63, 3.8) is 0 Å². The average molecular weight is 219 g/mol. The molecule has 0 unspecified atom stereocenters. The third-order valence-electron chi connectivity index (χ3n) is 1.07. The van der Waals surface area contributed by atoms with Gasteiger partial charge < -0.3 is 5.73 Å². The zero-order valence-electron chi connectivity index (χ0n) is 5.97. The number of nitrogens with two attached hydrogens (primary N) is 1. The second-order valence-corrected chi connectivity index (χ2v) is 3.00. The summed E-state index contributed by atoms with van der Waals surface area (Å²) in [6.45, 7) is 1.29. The van der Waals surface area contributed by atoms with E-state index in [9.17, 15) is 13.2 Å². The van der Waals surface area contributed by atoms with E-state index >= 15 is 0 Å². The van der Waals surface area contributed by atoms with Gasteiger partial charge in [0.15, 0.2) is 5.13 Å². The number of aryl methyl sites for hydroxylation is 1. The average Bonchev–Trinajstić information content (AvgIpc) is 2.08. The molecule has 2 N–H and O–H groups in total. The maximum atomic E-state index is 12.0. The van der Waals surface area contributed by atoms with Crippen LogP contribution in [0.5, 0.6) is 0 Å². The SMILES string of the molecule is Cc1nc(N)sc1C(F)(F)F.Cl. The number of aromatic nitrogens is 1. The molecule has 0 bridgehead atoms. The van der Waals surface area contributed by atoms with E-state index in [1.165, 1.54) is 6.92 Å².